The van der Waals surface area contributed by atoms with E-state index in [9.17, 15) is 4.79 Å². The van der Waals surface area contributed by atoms with Crippen molar-refractivity contribution >= 4 is 11.6 Å². The zero-order chi connectivity index (χ0) is 13.5. The highest BCUT2D eigenvalue weighted by Gasteiger charge is 2.12. The lowest BCUT2D eigenvalue weighted by atomic mass is 9.95. The molecule has 0 unspecified atom stereocenters. The highest BCUT2D eigenvalue weighted by atomic mass is 16.1. The molecule has 0 aromatic heterocycles. The molecule has 1 aliphatic carbocycles. The first-order valence-electron chi connectivity index (χ1n) is 7.03. The van der Waals surface area contributed by atoms with Gasteiger partial charge in [0.2, 0.25) is 5.91 Å². The van der Waals surface area contributed by atoms with Gasteiger partial charge in [0.15, 0.2) is 0 Å². The smallest absolute Gasteiger partial charge is 0.247 e. The Labute approximate surface area is 115 Å². The van der Waals surface area contributed by atoms with Gasteiger partial charge in [-0.05, 0) is 36.6 Å². The summed E-state index contributed by atoms with van der Waals surface area (Å²) in [5.41, 5.74) is 2.06. The lowest BCUT2D eigenvalue weighted by molar-refractivity contribution is -0.111. The summed E-state index contributed by atoms with van der Waals surface area (Å²) >= 11 is 0. The van der Waals surface area contributed by atoms with Crippen molar-refractivity contribution in [2.24, 2.45) is 0 Å². The van der Waals surface area contributed by atoms with Crippen LogP contribution in [0, 0.1) is 0 Å². The van der Waals surface area contributed by atoms with Gasteiger partial charge in [0.1, 0.15) is 0 Å². The van der Waals surface area contributed by atoms with Gasteiger partial charge in [0.05, 0.1) is 0 Å². The minimum absolute atomic E-state index is 0.173. The average molecular weight is 258 g/mol. The lowest BCUT2D eigenvalue weighted by Crippen LogP contribution is -2.30. The van der Waals surface area contributed by atoms with Crippen molar-refractivity contribution in [2.75, 3.05) is 5.32 Å². The van der Waals surface area contributed by atoms with E-state index < -0.39 is 0 Å². The summed E-state index contributed by atoms with van der Waals surface area (Å²) in [6, 6.07) is 8.63. The molecule has 3 nitrogen and oxygen atoms in total. The number of hydrogen-bond donors (Lipinski definition) is 2. The van der Waals surface area contributed by atoms with Gasteiger partial charge in [-0.25, -0.2) is 0 Å². The van der Waals surface area contributed by atoms with E-state index in [0.29, 0.717) is 6.04 Å². The molecule has 1 aromatic carbocycles. The average Bonchev–Trinajstić information content (AvgIpc) is 2.47. The number of carbonyl (C=O) groups excluding carboxylic acids is 1. The number of nitrogens with one attached hydrogen (secondary N) is 2. The Morgan fingerprint density at radius 1 is 1.21 bits per heavy atom. The molecule has 1 aromatic rings. The maximum atomic E-state index is 11.2. The molecule has 1 aliphatic rings. The van der Waals surface area contributed by atoms with E-state index in [0.717, 1.165) is 12.2 Å². The number of benzene rings is 1. The molecular formula is C16H22N2O. The zero-order valence-corrected chi connectivity index (χ0v) is 11.3. The number of rotatable bonds is 5. The third kappa shape index (κ3) is 4.52. The van der Waals surface area contributed by atoms with Crippen LogP contribution in [0.25, 0.3) is 0 Å². The molecule has 102 valence electrons. The summed E-state index contributed by atoms with van der Waals surface area (Å²) in [7, 11) is 0. The molecule has 3 heteroatoms. The van der Waals surface area contributed by atoms with Crippen LogP contribution >= 0.6 is 0 Å². The molecule has 0 aliphatic heterocycles. The van der Waals surface area contributed by atoms with Crippen molar-refractivity contribution in [3.05, 3.63) is 42.5 Å². The fraction of sp³-hybridized carbons (Fsp3) is 0.438. The van der Waals surface area contributed by atoms with Gasteiger partial charge in [-0.15, -0.1) is 0 Å². The van der Waals surface area contributed by atoms with Crippen LogP contribution in [0.2, 0.25) is 0 Å². The fourth-order valence-electron chi connectivity index (χ4n) is 2.47. The van der Waals surface area contributed by atoms with Crippen LogP contribution in [0.15, 0.2) is 36.9 Å². The number of carbonyl (C=O) groups is 1. The normalized spacial score (nSPS) is 16.0. The van der Waals surface area contributed by atoms with E-state index in [1.165, 1.54) is 43.7 Å². The number of anilines is 1. The van der Waals surface area contributed by atoms with Gasteiger partial charge in [-0.2, -0.15) is 0 Å². The van der Waals surface area contributed by atoms with E-state index in [4.69, 9.17) is 0 Å². The maximum Gasteiger partial charge on any atom is 0.247 e. The second-order valence-corrected chi connectivity index (χ2v) is 5.11. The van der Waals surface area contributed by atoms with Crippen molar-refractivity contribution < 1.29 is 4.79 Å². The van der Waals surface area contributed by atoms with E-state index in [2.05, 4.69) is 29.3 Å². The van der Waals surface area contributed by atoms with Gasteiger partial charge in [0.25, 0.3) is 0 Å². The highest BCUT2D eigenvalue weighted by molar-refractivity contribution is 5.98. The predicted octanol–water partition coefficient (Wildman–Crippen LogP) is 3.23. The van der Waals surface area contributed by atoms with Gasteiger partial charge in [-0.1, -0.05) is 38.0 Å². The minimum Gasteiger partial charge on any atom is -0.323 e. The first-order chi connectivity index (χ1) is 9.28. The quantitative estimate of drug-likeness (QED) is 0.796. The second-order valence-electron chi connectivity index (χ2n) is 5.11. The Balaban J connectivity index is 1.80. The molecule has 0 heterocycles. The van der Waals surface area contributed by atoms with Crippen molar-refractivity contribution in [1.82, 2.24) is 5.32 Å². The van der Waals surface area contributed by atoms with E-state index in [-0.39, 0.29) is 5.91 Å². The summed E-state index contributed by atoms with van der Waals surface area (Å²) in [5.74, 6) is -0.173. The molecule has 2 N–H and O–H groups in total. The molecule has 0 bridgehead atoms. The zero-order valence-electron chi connectivity index (χ0n) is 11.3. The molecular weight excluding hydrogens is 236 g/mol. The van der Waals surface area contributed by atoms with E-state index >= 15 is 0 Å². The summed E-state index contributed by atoms with van der Waals surface area (Å²) in [6.45, 7) is 4.34. The van der Waals surface area contributed by atoms with Crippen molar-refractivity contribution in [3.8, 4) is 0 Å². The monoisotopic (exact) mass is 258 g/mol. The Morgan fingerprint density at radius 2 is 1.89 bits per heavy atom. The minimum atomic E-state index is -0.173. The first kappa shape index (κ1) is 13.8. The van der Waals surface area contributed by atoms with Crippen LogP contribution in [-0.2, 0) is 11.3 Å². The Kier molecular flexibility index (Phi) is 5.16. The number of hydrogen-bond acceptors (Lipinski definition) is 2. The summed E-state index contributed by atoms with van der Waals surface area (Å²) in [6.07, 6.45) is 7.96. The molecule has 0 spiro atoms. The highest BCUT2D eigenvalue weighted by Crippen LogP contribution is 2.18. The SMILES string of the molecule is C=CC(=O)Nc1ccc(CNC2CCCCC2)cc1. The standard InChI is InChI=1S/C16H22N2O/c1-2-16(19)18-15-10-8-13(9-11-15)12-17-14-6-4-3-5-7-14/h2,8-11,14,17H,1,3-7,12H2,(H,18,19). The lowest BCUT2D eigenvalue weighted by Gasteiger charge is -2.22. The van der Waals surface area contributed by atoms with Crippen LogP contribution < -0.4 is 10.6 Å². The van der Waals surface area contributed by atoms with Crippen molar-refractivity contribution in [1.29, 1.82) is 0 Å². The van der Waals surface area contributed by atoms with Crippen LogP contribution in [0.4, 0.5) is 5.69 Å². The topological polar surface area (TPSA) is 41.1 Å². The third-order valence-electron chi connectivity index (χ3n) is 3.61. The summed E-state index contributed by atoms with van der Waals surface area (Å²) in [5, 5.41) is 6.35. The Hall–Kier alpha value is -1.61. The Morgan fingerprint density at radius 3 is 2.53 bits per heavy atom. The molecule has 19 heavy (non-hydrogen) atoms. The molecule has 0 saturated heterocycles. The molecule has 1 saturated carbocycles. The largest absolute Gasteiger partial charge is 0.323 e. The molecule has 0 radical (unpaired) electrons. The summed E-state index contributed by atoms with van der Waals surface area (Å²) in [4.78, 5) is 11.2. The van der Waals surface area contributed by atoms with Crippen molar-refractivity contribution in [3.63, 3.8) is 0 Å². The third-order valence-corrected chi connectivity index (χ3v) is 3.61. The molecule has 1 amide bonds. The first-order valence-corrected chi connectivity index (χ1v) is 7.03. The summed E-state index contributed by atoms with van der Waals surface area (Å²) < 4.78 is 0. The van der Waals surface area contributed by atoms with E-state index in [1.54, 1.807) is 0 Å². The van der Waals surface area contributed by atoms with E-state index in [1.807, 2.05) is 12.1 Å². The van der Waals surface area contributed by atoms with Gasteiger partial charge >= 0.3 is 0 Å². The maximum absolute atomic E-state index is 11.2. The van der Waals surface area contributed by atoms with Crippen LogP contribution in [0.3, 0.4) is 0 Å². The second kappa shape index (κ2) is 7.10. The van der Waals surface area contributed by atoms with Gasteiger partial charge in [0, 0.05) is 18.3 Å². The van der Waals surface area contributed by atoms with Crippen LogP contribution in [0.1, 0.15) is 37.7 Å². The molecule has 1 fully saturated rings. The van der Waals surface area contributed by atoms with Crippen molar-refractivity contribution in [2.45, 2.75) is 44.7 Å². The number of amides is 1. The van der Waals surface area contributed by atoms with Crippen LogP contribution in [0.5, 0.6) is 0 Å². The molecule has 2 rings (SSSR count). The molecule has 0 atom stereocenters. The Bertz CT molecular complexity index is 419. The van der Waals surface area contributed by atoms with Crippen LogP contribution in [-0.4, -0.2) is 11.9 Å². The van der Waals surface area contributed by atoms with Gasteiger partial charge < -0.3 is 10.6 Å². The predicted molar refractivity (Wildman–Crippen MR) is 79.0 cm³/mol. The van der Waals surface area contributed by atoms with Gasteiger partial charge in [-0.3, -0.25) is 4.79 Å². The fourth-order valence-corrected chi connectivity index (χ4v) is 2.47.